The Balaban J connectivity index is 1.92. The molecule has 2 amide bonds. The fourth-order valence-corrected chi connectivity index (χ4v) is 4.31. The second-order valence-electron chi connectivity index (χ2n) is 8.07. The molecule has 0 bridgehead atoms. The molecule has 1 aliphatic heterocycles. The Morgan fingerprint density at radius 3 is 2.50 bits per heavy atom. The minimum Gasteiger partial charge on any atom is -0.369 e. The summed E-state index contributed by atoms with van der Waals surface area (Å²) >= 11 is 0. The highest BCUT2D eigenvalue weighted by atomic mass is 32.2. The molecular formula is C23H26F2N4O4S. The molecule has 11 heteroatoms. The topological polar surface area (TPSA) is 122 Å². The number of amides is 2. The highest BCUT2D eigenvalue weighted by Crippen LogP contribution is 2.29. The minimum atomic E-state index is -3.71. The largest absolute Gasteiger partial charge is 0.369 e. The fraction of sp³-hybridized carbons (Fsp3) is 0.304. The number of nitrogens with one attached hydrogen (secondary N) is 2. The third-order valence-electron chi connectivity index (χ3n) is 5.59. The van der Waals surface area contributed by atoms with Gasteiger partial charge in [0.05, 0.1) is 23.0 Å². The van der Waals surface area contributed by atoms with Crippen molar-refractivity contribution in [1.82, 2.24) is 4.90 Å². The van der Waals surface area contributed by atoms with Crippen molar-refractivity contribution in [2.45, 2.75) is 26.4 Å². The van der Waals surface area contributed by atoms with Crippen molar-refractivity contribution in [2.24, 2.45) is 11.7 Å². The molecule has 0 spiro atoms. The van der Waals surface area contributed by atoms with Gasteiger partial charge < -0.3 is 16.0 Å². The van der Waals surface area contributed by atoms with E-state index < -0.39 is 45.6 Å². The van der Waals surface area contributed by atoms with Gasteiger partial charge in [0.15, 0.2) is 5.82 Å². The summed E-state index contributed by atoms with van der Waals surface area (Å²) in [6, 6.07) is 8.64. The van der Waals surface area contributed by atoms with Crippen LogP contribution in [0.5, 0.6) is 0 Å². The number of likely N-dealkylation sites (N-methyl/N-ethyl adjacent to an activating group) is 1. The molecule has 0 aliphatic carbocycles. The number of nitrogens with zero attached hydrogens (tertiary/aromatic N) is 1. The first-order chi connectivity index (χ1) is 15.9. The maximum absolute atomic E-state index is 15.0. The van der Waals surface area contributed by atoms with E-state index in [2.05, 4.69) is 10.0 Å². The molecule has 4 N–H and O–H groups in total. The predicted molar refractivity (Wildman–Crippen MR) is 125 cm³/mol. The first kappa shape index (κ1) is 25.2. The molecule has 2 aromatic carbocycles. The van der Waals surface area contributed by atoms with Gasteiger partial charge >= 0.3 is 0 Å². The number of carbonyl (C=O) groups excluding carboxylic acids is 2. The first-order valence-electron chi connectivity index (χ1n) is 10.5. The van der Waals surface area contributed by atoms with Crippen LogP contribution >= 0.6 is 0 Å². The van der Waals surface area contributed by atoms with E-state index in [1.54, 1.807) is 13.0 Å². The number of halogens is 2. The van der Waals surface area contributed by atoms with Crippen LogP contribution in [-0.2, 0) is 26.0 Å². The SMILES string of the molecule is CCS(=O)(=O)Nc1cccc(CC2=CC(C(N)=O)C(Nc3ccc(C)cc3F)N(C)C2=O)c1F. The Morgan fingerprint density at radius 1 is 1.18 bits per heavy atom. The van der Waals surface area contributed by atoms with Crippen molar-refractivity contribution in [3.8, 4) is 0 Å². The summed E-state index contributed by atoms with van der Waals surface area (Å²) in [6.07, 6.45) is 0.182. The van der Waals surface area contributed by atoms with Gasteiger partial charge in [0.25, 0.3) is 5.91 Å². The Kier molecular flexibility index (Phi) is 7.25. The predicted octanol–water partition coefficient (Wildman–Crippen LogP) is 2.52. The van der Waals surface area contributed by atoms with Crippen LogP contribution in [0.25, 0.3) is 0 Å². The molecule has 0 fully saturated rings. The van der Waals surface area contributed by atoms with E-state index in [1.165, 1.54) is 55.3 Å². The third kappa shape index (κ3) is 5.36. The second kappa shape index (κ2) is 9.80. The maximum atomic E-state index is 15.0. The summed E-state index contributed by atoms with van der Waals surface area (Å²) in [5.74, 6) is -3.90. The summed E-state index contributed by atoms with van der Waals surface area (Å²) in [6.45, 7) is 3.15. The lowest BCUT2D eigenvalue weighted by Gasteiger charge is -2.37. The number of anilines is 2. The lowest BCUT2D eigenvalue weighted by Crippen LogP contribution is -2.53. The zero-order chi connectivity index (χ0) is 25.2. The summed E-state index contributed by atoms with van der Waals surface area (Å²) in [5.41, 5.74) is 6.29. The van der Waals surface area contributed by atoms with Gasteiger partial charge in [-0.15, -0.1) is 0 Å². The number of sulfonamides is 1. The van der Waals surface area contributed by atoms with Gasteiger partial charge in [0.2, 0.25) is 15.9 Å². The van der Waals surface area contributed by atoms with E-state index in [4.69, 9.17) is 5.73 Å². The van der Waals surface area contributed by atoms with E-state index in [9.17, 15) is 26.8 Å². The van der Waals surface area contributed by atoms with Crippen molar-refractivity contribution in [3.05, 3.63) is 70.8 Å². The fourth-order valence-electron chi connectivity index (χ4n) is 3.67. The Labute approximate surface area is 196 Å². The lowest BCUT2D eigenvalue weighted by molar-refractivity contribution is -0.131. The van der Waals surface area contributed by atoms with E-state index >= 15 is 0 Å². The first-order valence-corrected chi connectivity index (χ1v) is 12.2. The molecule has 182 valence electrons. The van der Waals surface area contributed by atoms with Crippen LogP contribution in [0.4, 0.5) is 20.2 Å². The number of nitrogens with two attached hydrogens (primary N) is 1. The van der Waals surface area contributed by atoms with Crippen LogP contribution in [0.15, 0.2) is 48.0 Å². The molecule has 1 aliphatic rings. The number of hydrogen-bond acceptors (Lipinski definition) is 5. The average molecular weight is 493 g/mol. The number of carbonyl (C=O) groups is 2. The van der Waals surface area contributed by atoms with Crippen LogP contribution in [0.1, 0.15) is 18.1 Å². The van der Waals surface area contributed by atoms with Crippen LogP contribution in [-0.4, -0.2) is 44.1 Å². The zero-order valence-electron chi connectivity index (χ0n) is 18.9. The van der Waals surface area contributed by atoms with Gasteiger partial charge in [-0.05, 0) is 43.2 Å². The molecule has 2 unspecified atom stereocenters. The van der Waals surface area contributed by atoms with Crippen molar-refractivity contribution in [3.63, 3.8) is 0 Å². The average Bonchev–Trinajstić information content (AvgIpc) is 2.77. The molecule has 2 atom stereocenters. The zero-order valence-corrected chi connectivity index (χ0v) is 19.7. The molecule has 1 heterocycles. The molecular weight excluding hydrogens is 466 g/mol. The second-order valence-corrected chi connectivity index (χ2v) is 10.1. The Morgan fingerprint density at radius 2 is 1.88 bits per heavy atom. The molecule has 0 aromatic heterocycles. The van der Waals surface area contributed by atoms with Crippen LogP contribution < -0.4 is 15.8 Å². The van der Waals surface area contributed by atoms with Crippen molar-refractivity contribution >= 4 is 33.2 Å². The smallest absolute Gasteiger partial charge is 0.251 e. The van der Waals surface area contributed by atoms with Crippen molar-refractivity contribution < 1.29 is 26.8 Å². The monoisotopic (exact) mass is 492 g/mol. The van der Waals surface area contributed by atoms with Gasteiger partial charge in [-0.3, -0.25) is 14.3 Å². The molecule has 34 heavy (non-hydrogen) atoms. The van der Waals surface area contributed by atoms with E-state index in [0.29, 0.717) is 5.56 Å². The van der Waals surface area contributed by atoms with E-state index in [-0.39, 0.29) is 34.7 Å². The van der Waals surface area contributed by atoms with E-state index in [0.717, 1.165) is 0 Å². The van der Waals surface area contributed by atoms with Crippen LogP contribution in [0, 0.1) is 24.5 Å². The van der Waals surface area contributed by atoms with Gasteiger partial charge in [-0.25, -0.2) is 17.2 Å². The van der Waals surface area contributed by atoms with E-state index in [1.807, 2.05) is 0 Å². The van der Waals surface area contributed by atoms with Gasteiger partial charge in [0.1, 0.15) is 12.0 Å². The molecule has 2 aromatic rings. The molecule has 8 nitrogen and oxygen atoms in total. The molecule has 3 rings (SSSR count). The minimum absolute atomic E-state index is 0.0588. The summed E-state index contributed by atoms with van der Waals surface area (Å²) in [4.78, 5) is 26.5. The Hall–Kier alpha value is -3.47. The number of primary amides is 1. The quantitative estimate of drug-likeness (QED) is 0.523. The normalized spacial score (nSPS) is 18.4. The molecule has 0 saturated carbocycles. The highest BCUT2D eigenvalue weighted by molar-refractivity contribution is 7.92. The highest BCUT2D eigenvalue weighted by Gasteiger charge is 2.37. The summed E-state index contributed by atoms with van der Waals surface area (Å²) < 4.78 is 55.2. The Bertz CT molecular complexity index is 1260. The lowest BCUT2D eigenvalue weighted by atomic mass is 9.91. The van der Waals surface area contributed by atoms with Crippen molar-refractivity contribution in [1.29, 1.82) is 0 Å². The maximum Gasteiger partial charge on any atom is 0.251 e. The van der Waals surface area contributed by atoms with Crippen LogP contribution in [0.2, 0.25) is 0 Å². The van der Waals surface area contributed by atoms with Gasteiger partial charge in [-0.2, -0.15) is 0 Å². The van der Waals surface area contributed by atoms with Gasteiger partial charge in [-0.1, -0.05) is 24.3 Å². The number of rotatable bonds is 8. The summed E-state index contributed by atoms with van der Waals surface area (Å²) in [7, 11) is -2.28. The summed E-state index contributed by atoms with van der Waals surface area (Å²) in [5, 5.41) is 2.86. The number of benzene rings is 2. The number of aryl methyl sites for hydroxylation is 1. The van der Waals surface area contributed by atoms with Crippen LogP contribution in [0.3, 0.4) is 0 Å². The van der Waals surface area contributed by atoms with Gasteiger partial charge in [0, 0.05) is 19.0 Å². The third-order valence-corrected chi connectivity index (χ3v) is 6.89. The molecule has 0 radical (unpaired) electrons. The standard InChI is InChI=1S/C23H26F2N4O4S/c1-4-34(32,33)28-19-7-5-6-14(20(19)25)11-15-12-16(21(26)30)22(29(3)23(15)31)27-18-9-8-13(2)10-17(18)24/h5-10,12,16,22,27-28H,4,11H2,1-3H3,(H2,26,30). The number of hydrogen-bond donors (Lipinski definition) is 3. The molecule has 0 saturated heterocycles. The van der Waals surface area contributed by atoms with Crippen molar-refractivity contribution in [2.75, 3.05) is 22.8 Å².